The highest BCUT2D eigenvalue weighted by atomic mass is 35.5. The highest BCUT2D eigenvalue weighted by Crippen LogP contribution is 2.39. The number of halogens is 1. The number of imidazole rings is 1. The molecule has 0 fully saturated rings. The summed E-state index contributed by atoms with van der Waals surface area (Å²) in [5.74, 6) is 0.708. The van der Waals surface area contributed by atoms with Crippen molar-refractivity contribution in [3.63, 3.8) is 0 Å². The van der Waals surface area contributed by atoms with Crippen LogP contribution in [0.2, 0.25) is 5.02 Å². The maximum absolute atomic E-state index is 13.5. The van der Waals surface area contributed by atoms with Gasteiger partial charge in [0.25, 0.3) is 0 Å². The minimum absolute atomic E-state index is 0.0607. The molecule has 168 valence electrons. The first kappa shape index (κ1) is 21.5. The second-order valence-corrected chi connectivity index (χ2v) is 8.82. The summed E-state index contributed by atoms with van der Waals surface area (Å²) in [6, 6.07) is 21.4. The molecule has 1 amide bonds. The first-order valence-electron chi connectivity index (χ1n) is 11.1. The van der Waals surface area contributed by atoms with Crippen LogP contribution in [0.5, 0.6) is 0 Å². The Labute approximate surface area is 198 Å². The zero-order valence-corrected chi connectivity index (χ0v) is 19.4. The van der Waals surface area contributed by atoms with E-state index in [9.17, 15) is 4.79 Å². The lowest BCUT2D eigenvalue weighted by atomic mass is 10.0. The molecule has 33 heavy (non-hydrogen) atoms. The molecule has 0 unspecified atom stereocenters. The van der Waals surface area contributed by atoms with Crippen molar-refractivity contribution < 1.29 is 4.79 Å². The summed E-state index contributed by atoms with van der Waals surface area (Å²) >= 11 is 6.36. The van der Waals surface area contributed by atoms with E-state index in [0.717, 1.165) is 52.4 Å². The summed E-state index contributed by atoms with van der Waals surface area (Å²) < 4.78 is 2.05. The van der Waals surface area contributed by atoms with Crippen LogP contribution in [-0.2, 0) is 11.2 Å². The van der Waals surface area contributed by atoms with E-state index in [1.807, 2.05) is 72.3 Å². The van der Waals surface area contributed by atoms with Gasteiger partial charge in [-0.1, -0.05) is 41.9 Å². The van der Waals surface area contributed by atoms with Crippen molar-refractivity contribution in [3.05, 3.63) is 77.3 Å². The van der Waals surface area contributed by atoms with Crippen molar-refractivity contribution in [3.8, 4) is 11.4 Å². The number of rotatable bonds is 6. The molecule has 0 radical (unpaired) electrons. The second-order valence-electron chi connectivity index (χ2n) is 8.39. The van der Waals surface area contributed by atoms with Gasteiger partial charge < -0.3 is 20.1 Å². The second kappa shape index (κ2) is 8.89. The van der Waals surface area contributed by atoms with Gasteiger partial charge in [0.1, 0.15) is 11.9 Å². The molecule has 3 aromatic carbocycles. The zero-order chi connectivity index (χ0) is 22.9. The molecule has 0 bridgehead atoms. The number of hydrogen-bond acceptors (Lipinski definition) is 4. The summed E-state index contributed by atoms with van der Waals surface area (Å²) in [6.45, 7) is 1.74. The van der Waals surface area contributed by atoms with Gasteiger partial charge in [0.05, 0.1) is 16.7 Å². The van der Waals surface area contributed by atoms with Crippen LogP contribution >= 0.6 is 11.6 Å². The number of likely N-dealkylation sites (N-methyl/N-ethyl adjacent to an activating group) is 2. The van der Waals surface area contributed by atoms with E-state index in [1.54, 1.807) is 0 Å². The smallest absolute Gasteiger partial charge is 0.247 e. The fourth-order valence-electron chi connectivity index (χ4n) is 4.40. The molecule has 1 atom stereocenters. The lowest BCUT2D eigenvalue weighted by Gasteiger charge is -2.20. The van der Waals surface area contributed by atoms with Crippen LogP contribution in [-0.4, -0.2) is 42.6 Å². The molecule has 4 aromatic rings. The van der Waals surface area contributed by atoms with E-state index in [1.165, 1.54) is 0 Å². The quantitative estimate of drug-likeness (QED) is 0.437. The highest BCUT2D eigenvalue weighted by Gasteiger charge is 2.31. The van der Waals surface area contributed by atoms with Crippen molar-refractivity contribution in [2.45, 2.75) is 12.5 Å². The molecule has 0 aliphatic carbocycles. The predicted molar refractivity (Wildman–Crippen MR) is 135 cm³/mol. The van der Waals surface area contributed by atoms with E-state index >= 15 is 0 Å². The fraction of sp³-hybridized carbons (Fsp3) is 0.231. The standard InChI is InChI=1S/C26H26ClN5O/c1-28-12-13-31(2)19-9-11-21-20(16-19)25-29-22-10-8-18(27)15-23(22)32(25)24(26(33)30-21)14-17-6-4-3-5-7-17/h3-11,15-16,24,28H,12-14H2,1-2H3,(H,30,33)/t24-/m1/s1. The van der Waals surface area contributed by atoms with Gasteiger partial charge in [0.2, 0.25) is 5.91 Å². The maximum Gasteiger partial charge on any atom is 0.247 e. The first-order chi connectivity index (χ1) is 16.0. The molecule has 1 aromatic heterocycles. The van der Waals surface area contributed by atoms with Gasteiger partial charge in [-0.2, -0.15) is 0 Å². The van der Waals surface area contributed by atoms with Crippen LogP contribution in [0.25, 0.3) is 22.4 Å². The molecule has 5 rings (SSSR count). The molecule has 6 nitrogen and oxygen atoms in total. The van der Waals surface area contributed by atoms with Gasteiger partial charge >= 0.3 is 0 Å². The Morgan fingerprint density at radius 3 is 2.73 bits per heavy atom. The van der Waals surface area contributed by atoms with Gasteiger partial charge in [-0.25, -0.2) is 4.98 Å². The molecule has 0 saturated carbocycles. The number of nitrogens with zero attached hydrogens (tertiary/aromatic N) is 3. The van der Waals surface area contributed by atoms with Gasteiger partial charge in [0.15, 0.2) is 0 Å². The number of fused-ring (bicyclic) bond motifs is 5. The van der Waals surface area contributed by atoms with Gasteiger partial charge in [0, 0.05) is 42.8 Å². The number of anilines is 2. The molecule has 1 aliphatic heterocycles. The zero-order valence-electron chi connectivity index (χ0n) is 18.7. The fourth-order valence-corrected chi connectivity index (χ4v) is 4.56. The molecule has 2 N–H and O–H groups in total. The number of nitrogens with one attached hydrogen (secondary N) is 2. The number of benzene rings is 3. The van der Waals surface area contributed by atoms with Crippen LogP contribution < -0.4 is 15.5 Å². The summed E-state index contributed by atoms with van der Waals surface area (Å²) in [6.07, 6.45) is 0.556. The Kier molecular flexibility index (Phi) is 5.79. The largest absolute Gasteiger partial charge is 0.373 e. The average Bonchev–Trinajstić information content (AvgIpc) is 3.14. The third kappa shape index (κ3) is 4.08. The minimum atomic E-state index is -0.455. The lowest BCUT2D eigenvalue weighted by Crippen LogP contribution is -2.27. The van der Waals surface area contributed by atoms with Crippen molar-refractivity contribution in [1.29, 1.82) is 0 Å². The van der Waals surface area contributed by atoms with E-state index in [4.69, 9.17) is 16.6 Å². The van der Waals surface area contributed by atoms with Crippen molar-refractivity contribution >= 4 is 39.9 Å². The van der Waals surface area contributed by atoms with Gasteiger partial charge in [-0.05, 0) is 49.0 Å². The van der Waals surface area contributed by atoms with E-state index in [0.29, 0.717) is 11.4 Å². The summed E-state index contributed by atoms with van der Waals surface area (Å²) in [5.41, 5.74) is 5.50. The number of amides is 1. The Balaban J connectivity index is 1.69. The van der Waals surface area contributed by atoms with Crippen molar-refractivity contribution in [1.82, 2.24) is 14.9 Å². The van der Waals surface area contributed by atoms with Crippen LogP contribution in [0.1, 0.15) is 11.6 Å². The van der Waals surface area contributed by atoms with E-state index in [-0.39, 0.29) is 5.91 Å². The van der Waals surface area contributed by atoms with Crippen LogP contribution in [0.4, 0.5) is 11.4 Å². The molecule has 0 spiro atoms. The predicted octanol–water partition coefficient (Wildman–Crippen LogP) is 4.75. The topological polar surface area (TPSA) is 62.2 Å². The number of carbonyl (C=O) groups excluding carboxylic acids is 1. The molecular formula is C26H26ClN5O. The van der Waals surface area contributed by atoms with E-state index in [2.05, 4.69) is 28.6 Å². The molecule has 7 heteroatoms. The third-order valence-corrected chi connectivity index (χ3v) is 6.41. The average molecular weight is 460 g/mol. The van der Waals surface area contributed by atoms with Crippen molar-refractivity contribution in [2.24, 2.45) is 0 Å². The number of aromatic nitrogens is 2. The Morgan fingerprint density at radius 2 is 1.94 bits per heavy atom. The van der Waals surface area contributed by atoms with Crippen LogP contribution in [0, 0.1) is 0 Å². The number of carbonyl (C=O) groups is 1. The Morgan fingerprint density at radius 1 is 1.12 bits per heavy atom. The highest BCUT2D eigenvalue weighted by molar-refractivity contribution is 6.31. The van der Waals surface area contributed by atoms with Crippen LogP contribution in [0.15, 0.2) is 66.7 Å². The summed E-state index contributed by atoms with van der Waals surface area (Å²) in [5, 5.41) is 6.96. The lowest BCUT2D eigenvalue weighted by molar-refractivity contribution is -0.119. The molecular weight excluding hydrogens is 434 g/mol. The van der Waals surface area contributed by atoms with Gasteiger partial charge in [-0.3, -0.25) is 4.79 Å². The van der Waals surface area contributed by atoms with Crippen LogP contribution in [0.3, 0.4) is 0 Å². The minimum Gasteiger partial charge on any atom is -0.373 e. The monoisotopic (exact) mass is 459 g/mol. The SMILES string of the molecule is CNCCN(C)c1ccc2c(c1)-c1nc3ccc(Cl)cc3n1[C@H](Cc1ccccc1)C(=O)N2. The molecule has 2 heterocycles. The van der Waals surface area contributed by atoms with Gasteiger partial charge in [-0.15, -0.1) is 0 Å². The number of hydrogen-bond donors (Lipinski definition) is 2. The van der Waals surface area contributed by atoms with E-state index < -0.39 is 6.04 Å². The molecule has 1 aliphatic rings. The van der Waals surface area contributed by atoms with Crippen molar-refractivity contribution in [2.75, 3.05) is 37.4 Å². The first-order valence-corrected chi connectivity index (χ1v) is 11.5. The molecule has 0 saturated heterocycles. The Hall–Kier alpha value is -3.35. The Bertz CT molecular complexity index is 1320. The summed E-state index contributed by atoms with van der Waals surface area (Å²) in [4.78, 5) is 20.7. The summed E-state index contributed by atoms with van der Waals surface area (Å²) in [7, 11) is 4.01. The normalized spacial score (nSPS) is 15.0. The maximum atomic E-state index is 13.5. The third-order valence-electron chi connectivity index (χ3n) is 6.18.